The van der Waals surface area contributed by atoms with E-state index in [9.17, 15) is 9.59 Å². The molecule has 0 saturated carbocycles. The normalized spacial score (nSPS) is 12.0. The maximum absolute atomic E-state index is 13.3. The number of rotatable bonds is 8. The van der Waals surface area contributed by atoms with E-state index in [0.717, 1.165) is 0 Å². The lowest BCUT2D eigenvalue weighted by atomic mass is 10.1. The van der Waals surface area contributed by atoms with Crippen LogP contribution in [0, 0.1) is 0 Å². The standard InChI is InChI=1S/C22H24Cl4N2O2/c1-4-20(22(30)27-13(2)3)28(12-16-17(24)6-5-7-18(16)25)21(29)10-14-8-9-15(23)11-19(14)26/h5-9,11,13,20H,4,10,12H2,1-3H3,(H,27,30)/t20-/m0/s1. The Morgan fingerprint density at radius 1 is 1.00 bits per heavy atom. The number of hydrogen-bond acceptors (Lipinski definition) is 2. The molecule has 0 unspecified atom stereocenters. The molecule has 0 heterocycles. The van der Waals surface area contributed by atoms with E-state index in [4.69, 9.17) is 46.4 Å². The third kappa shape index (κ3) is 6.52. The van der Waals surface area contributed by atoms with Gasteiger partial charge in [0.05, 0.1) is 6.42 Å². The fourth-order valence-electron chi connectivity index (χ4n) is 3.08. The molecule has 0 saturated heterocycles. The lowest BCUT2D eigenvalue weighted by Crippen LogP contribution is -2.50. The second-order valence-electron chi connectivity index (χ2n) is 7.22. The average Bonchev–Trinajstić information content (AvgIpc) is 2.65. The van der Waals surface area contributed by atoms with Gasteiger partial charge in [-0.05, 0) is 50.1 Å². The lowest BCUT2D eigenvalue weighted by molar-refractivity contribution is -0.141. The molecule has 8 heteroatoms. The molecule has 0 spiro atoms. The molecule has 4 nitrogen and oxygen atoms in total. The minimum absolute atomic E-state index is 0.0174. The Kier molecular flexibility index (Phi) is 9.30. The maximum Gasteiger partial charge on any atom is 0.243 e. The van der Waals surface area contributed by atoms with E-state index in [1.54, 1.807) is 36.4 Å². The molecule has 0 aliphatic heterocycles. The molecule has 0 radical (unpaired) electrons. The molecule has 1 N–H and O–H groups in total. The summed E-state index contributed by atoms with van der Waals surface area (Å²) in [5.41, 5.74) is 1.22. The molecule has 30 heavy (non-hydrogen) atoms. The van der Waals surface area contributed by atoms with Crippen molar-refractivity contribution in [2.24, 2.45) is 0 Å². The van der Waals surface area contributed by atoms with Gasteiger partial charge >= 0.3 is 0 Å². The Balaban J connectivity index is 2.40. The van der Waals surface area contributed by atoms with Gasteiger partial charge in [0.25, 0.3) is 0 Å². The van der Waals surface area contributed by atoms with E-state index in [2.05, 4.69) is 5.32 Å². The van der Waals surface area contributed by atoms with Gasteiger partial charge in [0.15, 0.2) is 0 Å². The van der Waals surface area contributed by atoms with Crippen LogP contribution in [0.1, 0.15) is 38.3 Å². The highest BCUT2D eigenvalue weighted by atomic mass is 35.5. The molecule has 2 rings (SSSR count). The van der Waals surface area contributed by atoms with Crippen molar-refractivity contribution in [1.82, 2.24) is 10.2 Å². The van der Waals surface area contributed by atoms with Crippen LogP contribution in [0.15, 0.2) is 36.4 Å². The first-order chi connectivity index (χ1) is 14.1. The van der Waals surface area contributed by atoms with Gasteiger partial charge in [0.1, 0.15) is 6.04 Å². The van der Waals surface area contributed by atoms with Gasteiger partial charge in [-0.1, -0.05) is 65.5 Å². The van der Waals surface area contributed by atoms with E-state index < -0.39 is 6.04 Å². The smallest absolute Gasteiger partial charge is 0.243 e. The van der Waals surface area contributed by atoms with E-state index in [-0.39, 0.29) is 30.8 Å². The van der Waals surface area contributed by atoms with Crippen molar-refractivity contribution in [2.45, 2.75) is 52.2 Å². The van der Waals surface area contributed by atoms with Crippen molar-refractivity contribution in [3.63, 3.8) is 0 Å². The molecule has 2 amide bonds. The summed E-state index contributed by atoms with van der Waals surface area (Å²) >= 11 is 24.9. The van der Waals surface area contributed by atoms with Crippen LogP contribution in [0.3, 0.4) is 0 Å². The van der Waals surface area contributed by atoms with Gasteiger partial charge in [0, 0.05) is 38.2 Å². The minimum Gasteiger partial charge on any atom is -0.352 e. The molecule has 2 aromatic carbocycles. The summed E-state index contributed by atoms with van der Waals surface area (Å²) in [7, 11) is 0. The van der Waals surface area contributed by atoms with Crippen molar-refractivity contribution >= 4 is 58.2 Å². The number of benzene rings is 2. The van der Waals surface area contributed by atoms with Crippen LogP contribution >= 0.6 is 46.4 Å². The van der Waals surface area contributed by atoms with Crippen molar-refractivity contribution in [3.8, 4) is 0 Å². The van der Waals surface area contributed by atoms with Crippen LogP contribution in [0.4, 0.5) is 0 Å². The molecule has 0 aromatic heterocycles. The van der Waals surface area contributed by atoms with Gasteiger partial charge in [-0.2, -0.15) is 0 Å². The fraction of sp³-hybridized carbons (Fsp3) is 0.364. The summed E-state index contributed by atoms with van der Waals surface area (Å²) in [5, 5.41) is 4.63. The molecule has 0 aliphatic rings. The van der Waals surface area contributed by atoms with Gasteiger partial charge in [-0.3, -0.25) is 9.59 Å². The van der Waals surface area contributed by atoms with Crippen molar-refractivity contribution in [3.05, 3.63) is 67.6 Å². The van der Waals surface area contributed by atoms with Gasteiger partial charge in [-0.15, -0.1) is 0 Å². The summed E-state index contributed by atoms with van der Waals surface area (Å²) in [6.07, 6.45) is 0.449. The Morgan fingerprint density at radius 3 is 2.17 bits per heavy atom. The molecule has 162 valence electrons. The fourth-order valence-corrected chi connectivity index (χ4v) is 4.08. The molecular weight excluding hydrogens is 466 g/mol. The predicted molar refractivity (Wildman–Crippen MR) is 125 cm³/mol. The van der Waals surface area contributed by atoms with E-state index in [1.807, 2.05) is 20.8 Å². The first-order valence-corrected chi connectivity index (χ1v) is 11.1. The average molecular weight is 490 g/mol. The number of hydrogen-bond donors (Lipinski definition) is 1. The first-order valence-electron chi connectivity index (χ1n) is 9.60. The van der Waals surface area contributed by atoms with Crippen molar-refractivity contribution in [1.29, 1.82) is 0 Å². The van der Waals surface area contributed by atoms with Crippen molar-refractivity contribution < 1.29 is 9.59 Å². The number of carbonyl (C=O) groups is 2. The highest BCUT2D eigenvalue weighted by Crippen LogP contribution is 2.28. The summed E-state index contributed by atoms with van der Waals surface area (Å²) in [6, 6.07) is 9.37. The highest BCUT2D eigenvalue weighted by Gasteiger charge is 2.30. The summed E-state index contributed by atoms with van der Waals surface area (Å²) in [6.45, 7) is 5.70. The molecule has 0 fully saturated rings. The van der Waals surface area contributed by atoms with Crippen LogP contribution in [0.2, 0.25) is 20.1 Å². The van der Waals surface area contributed by atoms with E-state index in [1.165, 1.54) is 4.90 Å². The van der Waals surface area contributed by atoms with Crippen molar-refractivity contribution in [2.75, 3.05) is 0 Å². The SMILES string of the molecule is CC[C@@H](C(=O)NC(C)C)N(Cc1c(Cl)cccc1Cl)C(=O)Cc1ccc(Cl)cc1Cl. The maximum atomic E-state index is 13.3. The largest absolute Gasteiger partial charge is 0.352 e. The van der Waals surface area contributed by atoms with E-state index in [0.29, 0.717) is 37.6 Å². The highest BCUT2D eigenvalue weighted by molar-refractivity contribution is 6.36. The van der Waals surface area contributed by atoms with Gasteiger partial charge in [-0.25, -0.2) is 0 Å². The second kappa shape index (κ2) is 11.2. The number of halogens is 4. The quantitative estimate of drug-likeness (QED) is 0.481. The Labute approximate surface area is 197 Å². The molecular formula is C22H24Cl4N2O2. The first kappa shape index (κ1) is 24.8. The molecule has 0 aliphatic carbocycles. The zero-order valence-electron chi connectivity index (χ0n) is 17.0. The van der Waals surface area contributed by atoms with Crippen LogP contribution < -0.4 is 5.32 Å². The minimum atomic E-state index is -0.682. The summed E-state index contributed by atoms with van der Waals surface area (Å²) < 4.78 is 0. The Morgan fingerprint density at radius 2 is 1.63 bits per heavy atom. The number of nitrogens with one attached hydrogen (secondary N) is 1. The monoisotopic (exact) mass is 488 g/mol. The Hall–Kier alpha value is -1.46. The second-order valence-corrected chi connectivity index (χ2v) is 8.88. The number of nitrogens with zero attached hydrogens (tertiary/aromatic N) is 1. The van der Waals surface area contributed by atoms with Crippen LogP contribution in [-0.2, 0) is 22.6 Å². The van der Waals surface area contributed by atoms with E-state index >= 15 is 0 Å². The number of carbonyl (C=O) groups excluding carboxylic acids is 2. The van der Waals surface area contributed by atoms with Gasteiger partial charge in [0.2, 0.25) is 11.8 Å². The summed E-state index contributed by atoms with van der Waals surface area (Å²) in [4.78, 5) is 27.7. The van der Waals surface area contributed by atoms with Crippen LogP contribution in [-0.4, -0.2) is 28.8 Å². The van der Waals surface area contributed by atoms with Gasteiger partial charge < -0.3 is 10.2 Å². The summed E-state index contributed by atoms with van der Waals surface area (Å²) in [5.74, 6) is -0.493. The topological polar surface area (TPSA) is 49.4 Å². The number of amides is 2. The lowest BCUT2D eigenvalue weighted by Gasteiger charge is -2.32. The van der Waals surface area contributed by atoms with Crippen LogP contribution in [0.25, 0.3) is 0 Å². The Bertz CT molecular complexity index is 898. The third-order valence-electron chi connectivity index (χ3n) is 4.56. The third-order valence-corrected chi connectivity index (χ3v) is 5.86. The molecule has 1 atom stereocenters. The molecule has 0 bridgehead atoms. The van der Waals surface area contributed by atoms with Crippen LogP contribution in [0.5, 0.6) is 0 Å². The zero-order valence-corrected chi connectivity index (χ0v) is 20.0. The predicted octanol–water partition coefficient (Wildman–Crippen LogP) is 6.17. The zero-order chi connectivity index (χ0) is 22.4. The molecule has 2 aromatic rings.